The van der Waals surface area contributed by atoms with E-state index in [4.69, 9.17) is 0 Å². The summed E-state index contributed by atoms with van der Waals surface area (Å²) in [6, 6.07) is 7.08. The van der Waals surface area contributed by atoms with E-state index in [1.807, 2.05) is 12.1 Å². The zero-order chi connectivity index (χ0) is 15.4. The van der Waals surface area contributed by atoms with Crippen LogP contribution < -0.4 is 10.6 Å². The Balaban J connectivity index is 1.63. The normalized spacial score (nSPS) is 13.5. The van der Waals surface area contributed by atoms with Crippen molar-refractivity contribution in [3.63, 3.8) is 0 Å². The van der Waals surface area contributed by atoms with Crippen molar-refractivity contribution < 1.29 is 9.59 Å². The van der Waals surface area contributed by atoms with E-state index in [0.29, 0.717) is 12.1 Å². The molecule has 6 heteroatoms. The molecular formula is C16H16N4O2. The van der Waals surface area contributed by atoms with Gasteiger partial charge < -0.3 is 10.6 Å². The van der Waals surface area contributed by atoms with E-state index < -0.39 is 0 Å². The maximum absolute atomic E-state index is 12.1. The van der Waals surface area contributed by atoms with Crippen molar-refractivity contribution in [1.82, 2.24) is 20.6 Å². The van der Waals surface area contributed by atoms with Crippen LogP contribution in [-0.2, 0) is 6.54 Å². The van der Waals surface area contributed by atoms with Gasteiger partial charge in [0.25, 0.3) is 11.8 Å². The van der Waals surface area contributed by atoms with Crippen LogP contribution in [0.4, 0.5) is 0 Å². The first kappa shape index (κ1) is 14.2. The number of aromatic nitrogens is 2. The van der Waals surface area contributed by atoms with E-state index in [1.165, 1.54) is 12.3 Å². The molecule has 2 aromatic heterocycles. The van der Waals surface area contributed by atoms with Gasteiger partial charge in [0.1, 0.15) is 5.69 Å². The Hall–Kier alpha value is -2.76. The highest BCUT2D eigenvalue weighted by Crippen LogP contribution is 2.19. The largest absolute Gasteiger partial charge is 0.349 e. The van der Waals surface area contributed by atoms with Crippen molar-refractivity contribution in [2.75, 3.05) is 0 Å². The Labute approximate surface area is 128 Å². The number of hydrogen-bond donors (Lipinski definition) is 2. The molecule has 1 aliphatic carbocycles. The van der Waals surface area contributed by atoms with Gasteiger partial charge >= 0.3 is 0 Å². The molecule has 112 valence electrons. The predicted molar refractivity (Wildman–Crippen MR) is 80.1 cm³/mol. The second-order valence-corrected chi connectivity index (χ2v) is 5.22. The van der Waals surface area contributed by atoms with Gasteiger partial charge in [0.2, 0.25) is 0 Å². The molecule has 1 aliphatic rings. The summed E-state index contributed by atoms with van der Waals surface area (Å²) in [5.41, 5.74) is 1.58. The van der Waals surface area contributed by atoms with E-state index in [9.17, 15) is 9.59 Å². The number of carbonyl (C=O) groups is 2. The van der Waals surface area contributed by atoms with Gasteiger partial charge in [-0.15, -0.1) is 0 Å². The molecule has 0 saturated heterocycles. The van der Waals surface area contributed by atoms with Crippen LogP contribution in [0, 0.1) is 0 Å². The predicted octanol–water partition coefficient (Wildman–Crippen LogP) is 1.30. The number of nitrogens with one attached hydrogen (secondary N) is 2. The molecule has 0 radical (unpaired) electrons. The Bertz CT molecular complexity index is 684. The van der Waals surface area contributed by atoms with E-state index in [1.54, 1.807) is 18.5 Å². The highest BCUT2D eigenvalue weighted by molar-refractivity contribution is 5.98. The molecule has 0 spiro atoms. The van der Waals surface area contributed by atoms with Crippen LogP contribution in [0.3, 0.4) is 0 Å². The smallest absolute Gasteiger partial charge is 0.270 e. The molecule has 0 aliphatic heterocycles. The lowest BCUT2D eigenvalue weighted by Gasteiger charge is -2.07. The Morgan fingerprint density at radius 2 is 2.05 bits per heavy atom. The van der Waals surface area contributed by atoms with Gasteiger partial charge in [0.15, 0.2) is 0 Å². The highest BCUT2D eigenvalue weighted by atomic mass is 16.2. The Morgan fingerprint density at radius 1 is 1.18 bits per heavy atom. The summed E-state index contributed by atoms with van der Waals surface area (Å²) in [4.78, 5) is 32.1. The van der Waals surface area contributed by atoms with E-state index in [0.717, 1.165) is 18.4 Å². The molecule has 0 bridgehead atoms. The minimum atomic E-state index is -0.315. The number of pyridine rings is 2. The summed E-state index contributed by atoms with van der Waals surface area (Å²) in [5.74, 6) is -0.476. The molecule has 22 heavy (non-hydrogen) atoms. The summed E-state index contributed by atoms with van der Waals surface area (Å²) >= 11 is 0. The Kier molecular flexibility index (Phi) is 4.09. The van der Waals surface area contributed by atoms with Gasteiger partial charge in [-0.3, -0.25) is 19.6 Å². The quantitative estimate of drug-likeness (QED) is 0.871. The molecule has 6 nitrogen and oxygen atoms in total. The minimum absolute atomic E-state index is 0.161. The van der Waals surface area contributed by atoms with Gasteiger partial charge in [-0.1, -0.05) is 6.07 Å². The fourth-order valence-electron chi connectivity index (χ4n) is 1.97. The fourth-order valence-corrected chi connectivity index (χ4v) is 1.97. The summed E-state index contributed by atoms with van der Waals surface area (Å²) in [5, 5.41) is 5.65. The van der Waals surface area contributed by atoms with Crippen LogP contribution in [-0.4, -0.2) is 27.8 Å². The van der Waals surface area contributed by atoms with Crippen molar-refractivity contribution >= 4 is 11.8 Å². The van der Waals surface area contributed by atoms with E-state index in [-0.39, 0.29) is 23.6 Å². The van der Waals surface area contributed by atoms with Gasteiger partial charge in [0.05, 0.1) is 0 Å². The lowest BCUT2D eigenvalue weighted by atomic mass is 10.2. The number of hydrogen-bond acceptors (Lipinski definition) is 4. The second-order valence-electron chi connectivity index (χ2n) is 5.22. The third-order valence-corrected chi connectivity index (χ3v) is 3.34. The monoisotopic (exact) mass is 296 g/mol. The molecule has 0 aromatic carbocycles. The minimum Gasteiger partial charge on any atom is -0.349 e. The first-order valence-corrected chi connectivity index (χ1v) is 7.16. The highest BCUT2D eigenvalue weighted by Gasteiger charge is 2.24. The topological polar surface area (TPSA) is 84.0 Å². The molecule has 2 N–H and O–H groups in total. The standard InChI is InChI=1S/C16H16N4O2/c21-15(20-13-3-4-13)12-5-7-18-14(8-12)16(22)19-10-11-2-1-6-17-9-11/h1-2,5-9,13H,3-4,10H2,(H,19,22)(H,20,21). The number of nitrogens with zero attached hydrogens (tertiary/aromatic N) is 2. The molecular weight excluding hydrogens is 280 g/mol. The van der Waals surface area contributed by atoms with E-state index >= 15 is 0 Å². The third-order valence-electron chi connectivity index (χ3n) is 3.34. The molecule has 0 unspecified atom stereocenters. The summed E-state index contributed by atoms with van der Waals surface area (Å²) in [6.07, 6.45) is 6.88. The second kappa shape index (κ2) is 6.34. The molecule has 3 rings (SSSR count). The SMILES string of the molecule is O=C(NC1CC1)c1ccnc(C(=O)NCc2cccnc2)c1. The molecule has 1 fully saturated rings. The maximum Gasteiger partial charge on any atom is 0.270 e. The number of carbonyl (C=O) groups excluding carboxylic acids is 2. The van der Waals surface area contributed by atoms with Crippen molar-refractivity contribution in [1.29, 1.82) is 0 Å². The fraction of sp³-hybridized carbons (Fsp3) is 0.250. The summed E-state index contributed by atoms with van der Waals surface area (Å²) in [7, 11) is 0. The van der Waals surface area contributed by atoms with Gasteiger partial charge in [-0.25, -0.2) is 0 Å². The van der Waals surface area contributed by atoms with Crippen molar-refractivity contribution in [3.8, 4) is 0 Å². The zero-order valence-electron chi connectivity index (χ0n) is 12.0. The molecule has 0 atom stereocenters. The lowest BCUT2D eigenvalue weighted by molar-refractivity contribution is 0.0946. The Morgan fingerprint density at radius 3 is 2.77 bits per heavy atom. The molecule has 2 heterocycles. The maximum atomic E-state index is 12.1. The van der Waals surface area contributed by atoms with Crippen LogP contribution in [0.5, 0.6) is 0 Å². The van der Waals surface area contributed by atoms with Crippen molar-refractivity contribution in [2.24, 2.45) is 0 Å². The number of rotatable bonds is 5. The molecule has 1 saturated carbocycles. The van der Waals surface area contributed by atoms with Gasteiger partial charge in [0, 0.05) is 36.7 Å². The van der Waals surface area contributed by atoms with Crippen LogP contribution in [0.25, 0.3) is 0 Å². The third kappa shape index (κ3) is 3.66. The van der Waals surface area contributed by atoms with Crippen molar-refractivity contribution in [3.05, 3.63) is 59.7 Å². The number of amides is 2. The van der Waals surface area contributed by atoms with E-state index in [2.05, 4.69) is 20.6 Å². The first-order valence-electron chi connectivity index (χ1n) is 7.16. The lowest BCUT2D eigenvalue weighted by Crippen LogP contribution is -2.27. The van der Waals surface area contributed by atoms with Gasteiger partial charge in [-0.05, 0) is 36.6 Å². The van der Waals surface area contributed by atoms with Crippen LogP contribution in [0.15, 0.2) is 42.9 Å². The average molecular weight is 296 g/mol. The van der Waals surface area contributed by atoms with Crippen molar-refractivity contribution in [2.45, 2.75) is 25.4 Å². The molecule has 2 amide bonds. The zero-order valence-corrected chi connectivity index (χ0v) is 12.0. The first-order chi connectivity index (χ1) is 10.7. The van der Waals surface area contributed by atoms with Crippen LogP contribution in [0.1, 0.15) is 39.3 Å². The van der Waals surface area contributed by atoms with Crippen LogP contribution in [0.2, 0.25) is 0 Å². The summed E-state index contributed by atoms with van der Waals surface area (Å²) in [6.45, 7) is 0.368. The summed E-state index contributed by atoms with van der Waals surface area (Å²) < 4.78 is 0. The van der Waals surface area contributed by atoms with Gasteiger partial charge in [-0.2, -0.15) is 0 Å². The molecule has 2 aromatic rings. The van der Waals surface area contributed by atoms with Crippen LogP contribution >= 0.6 is 0 Å². The average Bonchev–Trinajstić information content (AvgIpc) is 3.37.